The maximum Gasteiger partial charge on any atom is 0.253 e. The van der Waals surface area contributed by atoms with Gasteiger partial charge in [-0.2, -0.15) is 0 Å². The van der Waals surface area contributed by atoms with Crippen LogP contribution in [0.25, 0.3) is 0 Å². The zero-order valence-electron chi connectivity index (χ0n) is 16.2. The molecular weight excluding hydrogens is 373 g/mol. The summed E-state index contributed by atoms with van der Waals surface area (Å²) in [7, 11) is 0. The lowest BCUT2D eigenvalue weighted by Gasteiger charge is -2.32. The number of benzene rings is 1. The monoisotopic (exact) mass is 397 g/mol. The van der Waals surface area contributed by atoms with Crippen LogP contribution in [0.4, 0.5) is 10.2 Å². The molecule has 1 N–H and O–H groups in total. The van der Waals surface area contributed by atoms with E-state index in [1.807, 2.05) is 12.3 Å². The van der Waals surface area contributed by atoms with Crippen molar-refractivity contribution in [1.82, 2.24) is 9.88 Å². The number of carbonyl (C=O) groups is 2. The number of aromatic hydroxyl groups is 1. The second-order valence-corrected chi connectivity index (χ2v) is 7.72. The molecule has 2 aliphatic rings. The second-order valence-electron chi connectivity index (χ2n) is 7.72. The Morgan fingerprint density at radius 2 is 1.86 bits per heavy atom. The summed E-state index contributed by atoms with van der Waals surface area (Å²) in [6, 6.07) is 6.44. The van der Waals surface area contributed by atoms with E-state index in [-0.39, 0.29) is 17.0 Å². The topological polar surface area (TPSA) is 73.7 Å². The molecule has 6 nitrogen and oxygen atoms in total. The van der Waals surface area contributed by atoms with Crippen LogP contribution in [0.2, 0.25) is 0 Å². The van der Waals surface area contributed by atoms with Crippen molar-refractivity contribution in [1.29, 1.82) is 0 Å². The molecule has 3 heterocycles. The molecule has 0 atom stereocenters. The third-order valence-electron chi connectivity index (χ3n) is 5.92. The van der Waals surface area contributed by atoms with Gasteiger partial charge in [0.25, 0.3) is 5.91 Å². The third kappa shape index (κ3) is 3.95. The predicted octanol–water partition coefficient (Wildman–Crippen LogP) is 3.36. The Kier molecular flexibility index (Phi) is 5.47. The van der Waals surface area contributed by atoms with Gasteiger partial charge in [-0.25, -0.2) is 9.37 Å². The Hall–Kier alpha value is -2.96. The highest BCUT2D eigenvalue weighted by Gasteiger charge is 2.26. The summed E-state index contributed by atoms with van der Waals surface area (Å²) < 4.78 is 13.8. The lowest BCUT2D eigenvalue weighted by molar-refractivity contribution is 0.0712. The van der Waals surface area contributed by atoms with Gasteiger partial charge in [-0.3, -0.25) is 9.59 Å². The van der Waals surface area contributed by atoms with Gasteiger partial charge in [0.05, 0.1) is 5.56 Å². The number of rotatable bonds is 4. The van der Waals surface area contributed by atoms with Crippen LogP contribution in [-0.2, 0) is 0 Å². The van der Waals surface area contributed by atoms with Gasteiger partial charge in [0.15, 0.2) is 17.9 Å². The fraction of sp³-hybridized carbons (Fsp3) is 0.409. The van der Waals surface area contributed by atoms with Crippen molar-refractivity contribution in [3.05, 3.63) is 53.0 Å². The van der Waals surface area contributed by atoms with Crippen LogP contribution in [0.15, 0.2) is 30.5 Å². The van der Waals surface area contributed by atoms with E-state index in [0.717, 1.165) is 37.8 Å². The largest absolute Gasteiger partial charge is 0.504 e. The Balaban J connectivity index is 1.43. The minimum atomic E-state index is -0.959. The van der Waals surface area contributed by atoms with Crippen molar-refractivity contribution in [2.24, 2.45) is 0 Å². The highest BCUT2D eigenvalue weighted by molar-refractivity contribution is 5.96. The van der Waals surface area contributed by atoms with E-state index >= 15 is 0 Å². The number of phenolic OH excluding ortho intramolecular Hbond substituents is 1. The number of nitrogens with zero attached hydrogens (tertiary/aromatic N) is 3. The van der Waals surface area contributed by atoms with Gasteiger partial charge < -0.3 is 14.9 Å². The van der Waals surface area contributed by atoms with E-state index in [4.69, 9.17) is 0 Å². The summed E-state index contributed by atoms with van der Waals surface area (Å²) in [5, 5.41) is 9.54. The van der Waals surface area contributed by atoms with E-state index in [0.29, 0.717) is 25.3 Å². The predicted molar refractivity (Wildman–Crippen MR) is 107 cm³/mol. The highest BCUT2D eigenvalue weighted by atomic mass is 19.1. The number of amides is 1. The van der Waals surface area contributed by atoms with E-state index < -0.39 is 11.6 Å². The summed E-state index contributed by atoms with van der Waals surface area (Å²) in [5.41, 5.74) is 1.11. The summed E-state index contributed by atoms with van der Waals surface area (Å²) in [6.45, 7) is 3.22. The number of aldehydes is 1. The lowest BCUT2D eigenvalue weighted by atomic mass is 9.89. The molecule has 4 rings (SSSR count). The van der Waals surface area contributed by atoms with Crippen molar-refractivity contribution in [3.8, 4) is 5.75 Å². The highest BCUT2D eigenvalue weighted by Crippen LogP contribution is 2.31. The molecule has 0 saturated carbocycles. The van der Waals surface area contributed by atoms with Crippen LogP contribution in [0, 0.1) is 5.82 Å². The standard InChI is InChI=1S/C22H24FN3O3/c23-19-12-17(11-18(14-27)21(19)28)22(29)26-9-4-15(5-10-26)16-3-6-24-20(13-16)25-7-1-2-8-25/h3,6,11-15,28H,1-2,4-5,7-10H2. The molecule has 1 aromatic heterocycles. The van der Waals surface area contributed by atoms with Gasteiger partial charge in [-0.15, -0.1) is 0 Å². The first-order valence-corrected chi connectivity index (χ1v) is 10.0. The average Bonchev–Trinajstić information content (AvgIpc) is 3.30. The Morgan fingerprint density at radius 3 is 2.55 bits per heavy atom. The molecule has 2 aromatic rings. The number of anilines is 1. The van der Waals surface area contributed by atoms with E-state index in [9.17, 15) is 19.1 Å². The normalized spacial score (nSPS) is 17.6. The molecule has 2 aliphatic heterocycles. The molecule has 2 saturated heterocycles. The Bertz CT molecular complexity index is 920. The minimum Gasteiger partial charge on any atom is -0.504 e. The first-order valence-electron chi connectivity index (χ1n) is 10.0. The van der Waals surface area contributed by atoms with Crippen molar-refractivity contribution >= 4 is 18.0 Å². The molecule has 1 amide bonds. The molecular formula is C22H24FN3O3. The summed E-state index contributed by atoms with van der Waals surface area (Å²) in [6.07, 6.45) is 6.25. The maximum atomic E-state index is 13.8. The number of likely N-dealkylation sites (tertiary alicyclic amines) is 1. The zero-order chi connectivity index (χ0) is 20.4. The van der Waals surface area contributed by atoms with Crippen molar-refractivity contribution in [2.75, 3.05) is 31.1 Å². The van der Waals surface area contributed by atoms with Gasteiger partial charge in [0, 0.05) is 37.9 Å². The van der Waals surface area contributed by atoms with E-state index in [2.05, 4.69) is 16.0 Å². The summed E-state index contributed by atoms with van der Waals surface area (Å²) in [5.74, 6) is -0.622. The first kappa shape index (κ1) is 19.4. The van der Waals surface area contributed by atoms with E-state index in [1.165, 1.54) is 24.5 Å². The SMILES string of the molecule is O=Cc1cc(C(=O)N2CCC(c3ccnc(N4CCCC4)c3)CC2)cc(F)c1O. The van der Waals surface area contributed by atoms with Crippen LogP contribution in [0.1, 0.15) is 57.9 Å². The quantitative estimate of drug-likeness (QED) is 0.801. The molecule has 2 fully saturated rings. The van der Waals surface area contributed by atoms with Crippen molar-refractivity contribution in [2.45, 2.75) is 31.6 Å². The first-order chi connectivity index (χ1) is 14.1. The number of hydrogen-bond donors (Lipinski definition) is 1. The summed E-state index contributed by atoms with van der Waals surface area (Å²) in [4.78, 5) is 32.2. The second kappa shape index (κ2) is 8.19. The molecule has 0 radical (unpaired) electrons. The number of hydrogen-bond acceptors (Lipinski definition) is 5. The fourth-order valence-corrected chi connectivity index (χ4v) is 4.24. The van der Waals surface area contributed by atoms with Crippen LogP contribution < -0.4 is 4.90 Å². The zero-order valence-corrected chi connectivity index (χ0v) is 16.2. The van der Waals surface area contributed by atoms with E-state index in [1.54, 1.807) is 4.90 Å². The molecule has 1 aromatic carbocycles. The van der Waals surface area contributed by atoms with Gasteiger partial charge in [0.1, 0.15) is 5.82 Å². The van der Waals surface area contributed by atoms with Crippen LogP contribution >= 0.6 is 0 Å². The molecule has 152 valence electrons. The molecule has 0 spiro atoms. The third-order valence-corrected chi connectivity index (χ3v) is 5.92. The number of carbonyl (C=O) groups excluding carboxylic acids is 2. The maximum absolute atomic E-state index is 13.8. The number of halogens is 1. The Morgan fingerprint density at radius 1 is 1.14 bits per heavy atom. The lowest BCUT2D eigenvalue weighted by Crippen LogP contribution is -2.38. The number of pyridine rings is 1. The van der Waals surface area contributed by atoms with Gasteiger partial charge >= 0.3 is 0 Å². The van der Waals surface area contributed by atoms with Gasteiger partial charge in [-0.1, -0.05) is 0 Å². The van der Waals surface area contributed by atoms with Crippen LogP contribution in [0.3, 0.4) is 0 Å². The van der Waals surface area contributed by atoms with Crippen LogP contribution in [0.5, 0.6) is 5.75 Å². The molecule has 0 bridgehead atoms. The van der Waals surface area contributed by atoms with Crippen LogP contribution in [-0.4, -0.2) is 53.4 Å². The fourth-order valence-electron chi connectivity index (χ4n) is 4.24. The van der Waals surface area contributed by atoms with Gasteiger partial charge in [0.2, 0.25) is 0 Å². The van der Waals surface area contributed by atoms with Crippen molar-refractivity contribution < 1.29 is 19.1 Å². The summed E-state index contributed by atoms with van der Waals surface area (Å²) >= 11 is 0. The number of phenols is 1. The van der Waals surface area contributed by atoms with Crippen molar-refractivity contribution in [3.63, 3.8) is 0 Å². The average molecular weight is 397 g/mol. The molecule has 29 heavy (non-hydrogen) atoms. The smallest absolute Gasteiger partial charge is 0.253 e. The Labute approximate surface area is 169 Å². The van der Waals surface area contributed by atoms with Gasteiger partial charge in [-0.05, 0) is 61.4 Å². The molecule has 0 unspecified atom stereocenters. The molecule has 0 aliphatic carbocycles. The number of aromatic nitrogens is 1. The minimum absolute atomic E-state index is 0.0843. The number of piperidine rings is 1. The molecule has 7 heteroatoms.